The molecule has 0 bridgehead atoms. The van der Waals surface area contributed by atoms with Gasteiger partial charge >= 0.3 is 6.61 Å². The van der Waals surface area contributed by atoms with Crippen LogP contribution in [0.1, 0.15) is 15.9 Å². The Bertz CT molecular complexity index is 988. The molecule has 0 N–H and O–H groups in total. The van der Waals surface area contributed by atoms with Crippen LogP contribution >= 0.6 is 0 Å². The predicted octanol–water partition coefficient (Wildman–Crippen LogP) is 3.30. The van der Waals surface area contributed by atoms with Gasteiger partial charge in [-0.25, -0.2) is 0 Å². The standard InChI is InChI=1S/C23H24F2N2O5/c1-30-18-5-3-4-17(15-18)22(29)27-12-10-26(11-13-27)21(28)9-7-16-6-8-19(32-23(24)25)20(14-16)31-2/h3-9,14-15,23H,10-13H2,1-2H3/b9-7+. The zero-order valence-electron chi connectivity index (χ0n) is 17.8. The summed E-state index contributed by atoms with van der Waals surface area (Å²) in [7, 11) is 2.89. The first-order chi connectivity index (χ1) is 15.4. The summed E-state index contributed by atoms with van der Waals surface area (Å²) < 4.78 is 39.5. The Hall–Kier alpha value is -3.62. The average molecular weight is 446 g/mol. The van der Waals surface area contributed by atoms with Crippen LogP contribution in [0.4, 0.5) is 8.78 Å². The Morgan fingerprint density at radius 1 is 0.938 bits per heavy atom. The van der Waals surface area contributed by atoms with E-state index in [1.807, 2.05) is 0 Å². The Balaban J connectivity index is 1.57. The normalized spacial score (nSPS) is 14.0. The molecule has 0 radical (unpaired) electrons. The monoisotopic (exact) mass is 446 g/mol. The van der Waals surface area contributed by atoms with Gasteiger partial charge in [-0.2, -0.15) is 8.78 Å². The number of nitrogens with zero attached hydrogens (tertiary/aromatic N) is 2. The number of carbonyl (C=O) groups is 2. The summed E-state index contributed by atoms with van der Waals surface area (Å²) >= 11 is 0. The van der Waals surface area contributed by atoms with Gasteiger partial charge < -0.3 is 24.0 Å². The van der Waals surface area contributed by atoms with Crippen molar-refractivity contribution in [2.24, 2.45) is 0 Å². The number of ether oxygens (including phenoxy) is 3. The summed E-state index contributed by atoms with van der Waals surface area (Å²) in [6, 6.07) is 11.4. The van der Waals surface area contributed by atoms with Crippen LogP contribution in [0.15, 0.2) is 48.5 Å². The number of hydrogen-bond acceptors (Lipinski definition) is 5. The largest absolute Gasteiger partial charge is 0.497 e. The smallest absolute Gasteiger partial charge is 0.387 e. The van der Waals surface area contributed by atoms with Gasteiger partial charge in [0.2, 0.25) is 5.91 Å². The highest BCUT2D eigenvalue weighted by Gasteiger charge is 2.24. The van der Waals surface area contributed by atoms with Gasteiger partial charge in [0.1, 0.15) is 5.75 Å². The molecule has 1 heterocycles. The minimum absolute atomic E-state index is 0.0807. The molecule has 32 heavy (non-hydrogen) atoms. The molecule has 1 aliphatic heterocycles. The lowest BCUT2D eigenvalue weighted by molar-refractivity contribution is -0.127. The molecule has 170 valence electrons. The van der Waals surface area contributed by atoms with Crippen molar-refractivity contribution in [3.05, 3.63) is 59.7 Å². The third-order valence-corrected chi connectivity index (χ3v) is 5.02. The van der Waals surface area contributed by atoms with E-state index in [0.29, 0.717) is 43.1 Å². The van der Waals surface area contributed by atoms with E-state index >= 15 is 0 Å². The molecule has 0 unspecified atom stereocenters. The van der Waals surface area contributed by atoms with Crippen LogP contribution in [0.25, 0.3) is 6.08 Å². The van der Waals surface area contributed by atoms with Crippen molar-refractivity contribution >= 4 is 17.9 Å². The van der Waals surface area contributed by atoms with Gasteiger partial charge in [0, 0.05) is 37.8 Å². The lowest BCUT2D eigenvalue weighted by Gasteiger charge is -2.34. The zero-order valence-corrected chi connectivity index (χ0v) is 17.8. The van der Waals surface area contributed by atoms with Crippen LogP contribution in [0, 0.1) is 0 Å². The first-order valence-electron chi connectivity index (χ1n) is 9.94. The maximum atomic E-state index is 12.7. The Morgan fingerprint density at radius 3 is 2.31 bits per heavy atom. The molecule has 7 nitrogen and oxygen atoms in total. The minimum Gasteiger partial charge on any atom is -0.497 e. The SMILES string of the molecule is COc1cccc(C(=O)N2CCN(C(=O)/C=C/c3ccc(OC(F)F)c(OC)c3)CC2)c1. The number of rotatable bonds is 7. The van der Waals surface area contributed by atoms with Gasteiger partial charge in [-0.15, -0.1) is 0 Å². The van der Waals surface area contributed by atoms with E-state index in [1.165, 1.54) is 25.3 Å². The van der Waals surface area contributed by atoms with E-state index in [9.17, 15) is 18.4 Å². The molecule has 2 aromatic carbocycles. The van der Waals surface area contributed by atoms with Crippen LogP contribution in [0.5, 0.6) is 17.2 Å². The van der Waals surface area contributed by atoms with E-state index in [4.69, 9.17) is 9.47 Å². The third-order valence-electron chi connectivity index (χ3n) is 5.02. The van der Waals surface area contributed by atoms with Gasteiger partial charge in [0.15, 0.2) is 11.5 Å². The fourth-order valence-electron chi connectivity index (χ4n) is 3.32. The number of benzene rings is 2. The topological polar surface area (TPSA) is 68.3 Å². The molecule has 0 spiro atoms. The molecular weight excluding hydrogens is 422 g/mol. The maximum absolute atomic E-state index is 12.7. The molecular formula is C23H24F2N2O5. The van der Waals surface area contributed by atoms with Crippen LogP contribution < -0.4 is 14.2 Å². The van der Waals surface area contributed by atoms with E-state index in [2.05, 4.69) is 4.74 Å². The third kappa shape index (κ3) is 5.75. The first-order valence-corrected chi connectivity index (χ1v) is 9.94. The van der Waals surface area contributed by atoms with Gasteiger partial charge in [-0.1, -0.05) is 12.1 Å². The van der Waals surface area contributed by atoms with Crippen molar-refractivity contribution in [2.75, 3.05) is 40.4 Å². The van der Waals surface area contributed by atoms with Crippen LogP contribution in [-0.2, 0) is 4.79 Å². The van der Waals surface area contributed by atoms with Crippen molar-refractivity contribution in [3.63, 3.8) is 0 Å². The maximum Gasteiger partial charge on any atom is 0.387 e. The molecule has 1 fully saturated rings. The first kappa shape index (κ1) is 23.1. The molecule has 2 aromatic rings. The number of alkyl halides is 2. The fourth-order valence-corrected chi connectivity index (χ4v) is 3.32. The lowest BCUT2D eigenvalue weighted by atomic mass is 10.1. The highest BCUT2D eigenvalue weighted by Crippen LogP contribution is 2.29. The molecule has 1 saturated heterocycles. The number of carbonyl (C=O) groups excluding carboxylic acids is 2. The summed E-state index contributed by atoms with van der Waals surface area (Å²) in [6.45, 7) is -1.31. The molecule has 0 atom stereocenters. The van der Waals surface area contributed by atoms with Gasteiger partial charge in [-0.05, 0) is 42.0 Å². The van der Waals surface area contributed by atoms with Crippen molar-refractivity contribution < 1.29 is 32.6 Å². The van der Waals surface area contributed by atoms with E-state index in [0.717, 1.165) is 0 Å². The highest BCUT2D eigenvalue weighted by molar-refractivity contribution is 5.95. The van der Waals surface area contributed by atoms with Crippen LogP contribution in [0.2, 0.25) is 0 Å². The number of amides is 2. The summed E-state index contributed by atoms with van der Waals surface area (Å²) in [4.78, 5) is 28.6. The molecule has 2 amide bonds. The molecule has 0 saturated carbocycles. The highest BCUT2D eigenvalue weighted by atomic mass is 19.3. The molecule has 0 aliphatic carbocycles. The lowest BCUT2D eigenvalue weighted by Crippen LogP contribution is -2.50. The molecule has 3 rings (SSSR count). The Kier molecular flexibility index (Phi) is 7.64. The summed E-state index contributed by atoms with van der Waals surface area (Å²) in [5, 5.41) is 0. The van der Waals surface area contributed by atoms with E-state index < -0.39 is 6.61 Å². The summed E-state index contributed by atoms with van der Waals surface area (Å²) in [5.74, 6) is 0.364. The van der Waals surface area contributed by atoms with Gasteiger partial charge in [-0.3, -0.25) is 9.59 Å². The van der Waals surface area contributed by atoms with Gasteiger partial charge in [0.25, 0.3) is 5.91 Å². The fraction of sp³-hybridized carbons (Fsp3) is 0.304. The number of methoxy groups -OCH3 is 2. The second-order valence-corrected chi connectivity index (χ2v) is 6.97. The van der Waals surface area contributed by atoms with Crippen molar-refractivity contribution in [2.45, 2.75) is 6.61 Å². The van der Waals surface area contributed by atoms with Crippen molar-refractivity contribution in [3.8, 4) is 17.2 Å². The minimum atomic E-state index is -2.96. The number of halogens is 2. The number of piperazine rings is 1. The average Bonchev–Trinajstić information content (AvgIpc) is 2.82. The van der Waals surface area contributed by atoms with Gasteiger partial charge in [0.05, 0.1) is 14.2 Å². The van der Waals surface area contributed by atoms with Crippen molar-refractivity contribution in [1.29, 1.82) is 0 Å². The molecule has 9 heteroatoms. The zero-order chi connectivity index (χ0) is 23.1. The summed E-state index contributed by atoms with van der Waals surface area (Å²) in [5.41, 5.74) is 1.14. The Labute approximate surface area is 184 Å². The van der Waals surface area contributed by atoms with Crippen LogP contribution in [-0.4, -0.2) is 68.6 Å². The van der Waals surface area contributed by atoms with Crippen LogP contribution in [0.3, 0.4) is 0 Å². The Morgan fingerprint density at radius 2 is 1.66 bits per heavy atom. The number of hydrogen-bond donors (Lipinski definition) is 0. The van der Waals surface area contributed by atoms with E-state index in [1.54, 1.807) is 53.3 Å². The second-order valence-electron chi connectivity index (χ2n) is 6.97. The molecule has 0 aromatic heterocycles. The quantitative estimate of drug-likeness (QED) is 0.611. The molecule has 1 aliphatic rings. The van der Waals surface area contributed by atoms with Crippen molar-refractivity contribution in [1.82, 2.24) is 9.80 Å². The predicted molar refractivity (Wildman–Crippen MR) is 114 cm³/mol. The van der Waals surface area contributed by atoms with E-state index in [-0.39, 0.29) is 23.3 Å². The second kappa shape index (κ2) is 10.6. The summed E-state index contributed by atoms with van der Waals surface area (Å²) in [6.07, 6.45) is 2.98.